The summed E-state index contributed by atoms with van der Waals surface area (Å²) in [6, 6.07) is 9.08. The van der Waals surface area contributed by atoms with Crippen LogP contribution in [-0.4, -0.2) is 19.0 Å². The number of nitrogens with zero attached hydrogens (tertiary/aromatic N) is 1. The molecular weight excluding hydrogens is 226 g/mol. The SMILES string of the molecule is CC(C)CCNC(=O)CNc1ccc(C#N)cc1. The van der Waals surface area contributed by atoms with Crippen LogP contribution in [0.1, 0.15) is 25.8 Å². The highest BCUT2D eigenvalue weighted by Gasteiger charge is 2.01. The number of rotatable bonds is 6. The van der Waals surface area contributed by atoms with Crippen LogP contribution < -0.4 is 10.6 Å². The molecule has 18 heavy (non-hydrogen) atoms. The van der Waals surface area contributed by atoms with Crippen LogP contribution in [0.25, 0.3) is 0 Å². The molecule has 0 aromatic heterocycles. The van der Waals surface area contributed by atoms with E-state index in [2.05, 4.69) is 30.6 Å². The molecule has 4 nitrogen and oxygen atoms in total. The Bertz CT molecular complexity index is 418. The van der Waals surface area contributed by atoms with Crippen LogP contribution in [0.15, 0.2) is 24.3 Å². The molecule has 0 aliphatic carbocycles. The van der Waals surface area contributed by atoms with Crippen LogP contribution in [0.4, 0.5) is 5.69 Å². The molecule has 0 aliphatic heterocycles. The van der Waals surface area contributed by atoms with Crippen molar-refractivity contribution in [3.8, 4) is 6.07 Å². The number of hydrogen-bond acceptors (Lipinski definition) is 3. The third-order valence-corrected chi connectivity index (χ3v) is 2.51. The van der Waals surface area contributed by atoms with Gasteiger partial charge in [0.15, 0.2) is 0 Å². The smallest absolute Gasteiger partial charge is 0.239 e. The lowest BCUT2D eigenvalue weighted by Gasteiger charge is -2.09. The second-order valence-electron chi connectivity index (χ2n) is 4.58. The highest BCUT2D eigenvalue weighted by Crippen LogP contribution is 2.07. The number of hydrogen-bond donors (Lipinski definition) is 2. The van der Waals surface area contributed by atoms with E-state index in [9.17, 15) is 4.79 Å². The first-order valence-electron chi connectivity index (χ1n) is 6.12. The molecular formula is C14H19N3O. The minimum Gasteiger partial charge on any atom is -0.376 e. The van der Waals surface area contributed by atoms with Crippen LogP contribution in [0.3, 0.4) is 0 Å². The lowest BCUT2D eigenvalue weighted by molar-refractivity contribution is -0.119. The molecule has 0 fully saturated rings. The summed E-state index contributed by atoms with van der Waals surface area (Å²) in [6.07, 6.45) is 0.989. The second kappa shape index (κ2) is 7.33. The number of carbonyl (C=O) groups excluding carboxylic acids is 1. The van der Waals surface area contributed by atoms with Gasteiger partial charge >= 0.3 is 0 Å². The van der Waals surface area contributed by atoms with Gasteiger partial charge in [-0.15, -0.1) is 0 Å². The lowest BCUT2D eigenvalue weighted by Crippen LogP contribution is -2.31. The summed E-state index contributed by atoms with van der Waals surface area (Å²) < 4.78 is 0. The summed E-state index contributed by atoms with van der Waals surface area (Å²) in [5.74, 6) is 0.580. The van der Waals surface area contributed by atoms with Crippen molar-refractivity contribution in [1.82, 2.24) is 5.32 Å². The maximum Gasteiger partial charge on any atom is 0.239 e. The summed E-state index contributed by atoms with van der Waals surface area (Å²) in [5, 5.41) is 14.5. The number of carbonyl (C=O) groups is 1. The van der Waals surface area contributed by atoms with Gasteiger partial charge in [-0.3, -0.25) is 4.79 Å². The first-order valence-corrected chi connectivity index (χ1v) is 6.12. The Morgan fingerprint density at radius 1 is 1.33 bits per heavy atom. The molecule has 0 atom stereocenters. The van der Waals surface area contributed by atoms with Crippen molar-refractivity contribution in [3.05, 3.63) is 29.8 Å². The quantitative estimate of drug-likeness (QED) is 0.807. The first-order chi connectivity index (χ1) is 8.61. The standard InChI is InChI=1S/C14H19N3O/c1-11(2)7-8-16-14(18)10-17-13-5-3-12(9-15)4-6-13/h3-6,11,17H,7-8,10H2,1-2H3,(H,16,18). The fourth-order valence-corrected chi connectivity index (χ4v) is 1.41. The van der Waals surface area contributed by atoms with Gasteiger partial charge in [-0.25, -0.2) is 0 Å². The molecule has 0 spiro atoms. The number of benzene rings is 1. The number of nitriles is 1. The maximum atomic E-state index is 11.5. The Morgan fingerprint density at radius 2 is 2.00 bits per heavy atom. The molecule has 1 aromatic carbocycles. The van der Waals surface area contributed by atoms with E-state index in [-0.39, 0.29) is 12.5 Å². The lowest BCUT2D eigenvalue weighted by atomic mass is 10.1. The molecule has 0 saturated carbocycles. The normalized spacial score (nSPS) is 9.89. The predicted molar refractivity (Wildman–Crippen MR) is 72.1 cm³/mol. The van der Waals surface area contributed by atoms with Crippen LogP contribution in [0, 0.1) is 17.2 Å². The van der Waals surface area contributed by atoms with Crippen molar-refractivity contribution in [1.29, 1.82) is 5.26 Å². The van der Waals surface area contributed by atoms with E-state index in [0.29, 0.717) is 18.0 Å². The number of anilines is 1. The van der Waals surface area contributed by atoms with Gasteiger partial charge < -0.3 is 10.6 Å². The van der Waals surface area contributed by atoms with E-state index in [1.54, 1.807) is 24.3 Å². The molecule has 1 aromatic rings. The largest absolute Gasteiger partial charge is 0.376 e. The summed E-state index contributed by atoms with van der Waals surface area (Å²) in [6.45, 7) is 5.22. The Balaban J connectivity index is 2.27. The fourth-order valence-electron chi connectivity index (χ4n) is 1.41. The molecule has 2 N–H and O–H groups in total. The van der Waals surface area contributed by atoms with E-state index in [4.69, 9.17) is 5.26 Å². The molecule has 4 heteroatoms. The zero-order valence-electron chi connectivity index (χ0n) is 10.9. The van der Waals surface area contributed by atoms with Crippen LogP contribution in [0.5, 0.6) is 0 Å². The Kier molecular flexibility index (Phi) is 5.72. The van der Waals surface area contributed by atoms with Crippen molar-refractivity contribution in [3.63, 3.8) is 0 Å². The van der Waals surface area contributed by atoms with E-state index < -0.39 is 0 Å². The topological polar surface area (TPSA) is 64.9 Å². The van der Waals surface area contributed by atoms with Gasteiger partial charge in [-0.1, -0.05) is 13.8 Å². The molecule has 96 valence electrons. The maximum absolute atomic E-state index is 11.5. The van der Waals surface area contributed by atoms with Crippen molar-refractivity contribution in [2.75, 3.05) is 18.4 Å². The van der Waals surface area contributed by atoms with E-state index in [1.807, 2.05) is 0 Å². The highest BCUT2D eigenvalue weighted by molar-refractivity contribution is 5.80. The average Bonchev–Trinajstić information content (AvgIpc) is 2.36. The molecule has 0 heterocycles. The van der Waals surface area contributed by atoms with Gasteiger partial charge in [0.2, 0.25) is 5.91 Å². The summed E-state index contributed by atoms with van der Waals surface area (Å²) in [5.41, 5.74) is 1.45. The molecule has 0 aliphatic rings. The third-order valence-electron chi connectivity index (χ3n) is 2.51. The molecule has 0 bridgehead atoms. The number of nitrogens with one attached hydrogen (secondary N) is 2. The van der Waals surface area contributed by atoms with Gasteiger partial charge in [0, 0.05) is 12.2 Å². The minimum absolute atomic E-state index is 0.0139. The fraction of sp³-hybridized carbons (Fsp3) is 0.429. The van der Waals surface area contributed by atoms with Crippen LogP contribution in [0.2, 0.25) is 0 Å². The summed E-state index contributed by atoms with van der Waals surface area (Å²) >= 11 is 0. The van der Waals surface area contributed by atoms with E-state index >= 15 is 0 Å². The minimum atomic E-state index is -0.0139. The van der Waals surface area contributed by atoms with Gasteiger partial charge in [0.05, 0.1) is 18.2 Å². The summed E-state index contributed by atoms with van der Waals surface area (Å²) in [7, 11) is 0. The predicted octanol–water partition coefficient (Wildman–Crippen LogP) is 2.13. The van der Waals surface area contributed by atoms with Crippen LogP contribution >= 0.6 is 0 Å². The molecule has 0 unspecified atom stereocenters. The molecule has 0 radical (unpaired) electrons. The summed E-state index contributed by atoms with van der Waals surface area (Å²) in [4.78, 5) is 11.5. The molecule has 1 amide bonds. The zero-order chi connectivity index (χ0) is 13.4. The molecule has 1 rings (SSSR count). The van der Waals surface area contributed by atoms with Gasteiger partial charge in [-0.05, 0) is 36.6 Å². The monoisotopic (exact) mass is 245 g/mol. The third kappa shape index (κ3) is 5.35. The van der Waals surface area contributed by atoms with E-state index in [1.165, 1.54) is 0 Å². The van der Waals surface area contributed by atoms with Crippen molar-refractivity contribution in [2.45, 2.75) is 20.3 Å². The van der Waals surface area contributed by atoms with Gasteiger partial charge in [0.25, 0.3) is 0 Å². The van der Waals surface area contributed by atoms with Gasteiger partial charge in [0.1, 0.15) is 0 Å². The Labute approximate surface area is 108 Å². The second-order valence-corrected chi connectivity index (χ2v) is 4.58. The zero-order valence-corrected chi connectivity index (χ0v) is 10.9. The first kappa shape index (κ1) is 14.0. The Morgan fingerprint density at radius 3 is 2.56 bits per heavy atom. The van der Waals surface area contributed by atoms with E-state index in [0.717, 1.165) is 12.1 Å². The average molecular weight is 245 g/mol. The molecule has 0 saturated heterocycles. The van der Waals surface area contributed by atoms with Crippen molar-refractivity contribution in [2.24, 2.45) is 5.92 Å². The van der Waals surface area contributed by atoms with Gasteiger partial charge in [-0.2, -0.15) is 5.26 Å². The van der Waals surface area contributed by atoms with Crippen molar-refractivity contribution >= 4 is 11.6 Å². The van der Waals surface area contributed by atoms with Crippen molar-refractivity contribution < 1.29 is 4.79 Å². The Hall–Kier alpha value is -2.02. The van der Waals surface area contributed by atoms with Crippen LogP contribution in [-0.2, 0) is 4.79 Å². The number of amides is 1. The highest BCUT2D eigenvalue weighted by atomic mass is 16.1.